The van der Waals surface area contributed by atoms with Crippen molar-refractivity contribution in [2.24, 2.45) is 5.41 Å². The predicted molar refractivity (Wildman–Crippen MR) is 73.5 cm³/mol. The second kappa shape index (κ2) is 6.11. The van der Waals surface area contributed by atoms with E-state index in [0.717, 1.165) is 37.7 Å². The zero-order chi connectivity index (χ0) is 14.6. The molecular formula is C15H21NO4. The Morgan fingerprint density at radius 2 is 2.05 bits per heavy atom. The third-order valence-electron chi connectivity index (χ3n) is 4.13. The van der Waals surface area contributed by atoms with Crippen LogP contribution in [0.3, 0.4) is 0 Å². The van der Waals surface area contributed by atoms with E-state index in [1.165, 1.54) is 6.26 Å². The number of hydrogen-bond donors (Lipinski definition) is 2. The molecule has 1 aromatic rings. The molecule has 0 aromatic carbocycles. The van der Waals surface area contributed by atoms with E-state index < -0.39 is 5.97 Å². The molecule has 1 saturated carbocycles. The van der Waals surface area contributed by atoms with Crippen LogP contribution < -0.4 is 5.32 Å². The molecule has 0 saturated heterocycles. The third kappa shape index (κ3) is 3.40. The van der Waals surface area contributed by atoms with Crippen LogP contribution >= 0.6 is 0 Å². The highest BCUT2D eigenvalue weighted by Gasteiger charge is 2.35. The largest absolute Gasteiger partial charge is 0.481 e. The number of nitrogens with one attached hydrogen (secondary N) is 1. The molecule has 0 atom stereocenters. The highest BCUT2D eigenvalue weighted by molar-refractivity contribution is 5.92. The Kier molecular flexibility index (Phi) is 4.47. The minimum atomic E-state index is -0.796. The van der Waals surface area contributed by atoms with E-state index >= 15 is 0 Å². The van der Waals surface area contributed by atoms with Gasteiger partial charge in [-0.2, -0.15) is 0 Å². The molecule has 0 spiro atoms. The Bertz CT molecular complexity index is 486. The summed E-state index contributed by atoms with van der Waals surface area (Å²) in [6, 6.07) is 1.74. The van der Waals surface area contributed by atoms with Gasteiger partial charge in [0.1, 0.15) is 0 Å². The van der Waals surface area contributed by atoms with E-state index in [1.807, 2.05) is 6.92 Å². The summed E-state index contributed by atoms with van der Waals surface area (Å²) in [7, 11) is 0. The number of amides is 1. The first kappa shape index (κ1) is 14.6. The van der Waals surface area contributed by atoms with Crippen LogP contribution in [0.25, 0.3) is 0 Å². The fraction of sp³-hybridized carbons (Fsp3) is 0.600. The van der Waals surface area contributed by atoms with Gasteiger partial charge in [-0.1, -0.05) is 19.3 Å². The summed E-state index contributed by atoms with van der Waals surface area (Å²) >= 11 is 0. The maximum absolute atomic E-state index is 12.0. The molecule has 1 fully saturated rings. The standard InChI is InChI=1S/C15H21NO4/c1-11-5-8-20-13(11)14(19)16-10-15(9-12(17)18)6-3-2-4-7-15/h5,8H,2-4,6-7,9-10H2,1H3,(H,16,19)(H,17,18). The van der Waals surface area contributed by atoms with Gasteiger partial charge >= 0.3 is 5.97 Å². The van der Waals surface area contributed by atoms with Crippen molar-refractivity contribution in [2.75, 3.05) is 6.54 Å². The number of aliphatic carboxylic acids is 1. The van der Waals surface area contributed by atoms with Gasteiger partial charge in [-0.25, -0.2) is 0 Å². The van der Waals surface area contributed by atoms with Gasteiger partial charge in [0, 0.05) is 12.1 Å². The molecule has 0 bridgehead atoms. The minimum absolute atomic E-state index is 0.115. The van der Waals surface area contributed by atoms with Crippen molar-refractivity contribution in [1.82, 2.24) is 5.32 Å². The van der Waals surface area contributed by atoms with Gasteiger partial charge in [0.2, 0.25) is 0 Å². The summed E-state index contributed by atoms with van der Waals surface area (Å²) in [4.78, 5) is 23.1. The average molecular weight is 279 g/mol. The Morgan fingerprint density at radius 1 is 1.35 bits per heavy atom. The van der Waals surface area contributed by atoms with Gasteiger partial charge in [-0.05, 0) is 31.2 Å². The molecule has 2 rings (SSSR count). The first-order valence-corrected chi connectivity index (χ1v) is 7.07. The first-order chi connectivity index (χ1) is 9.52. The lowest BCUT2D eigenvalue weighted by molar-refractivity contribution is -0.140. The smallest absolute Gasteiger partial charge is 0.303 e. The molecular weight excluding hydrogens is 258 g/mol. The summed E-state index contributed by atoms with van der Waals surface area (Å²) in [5, 5.41) is 11.9. The molecule has 2 N–H and O–H groups in total. The lowest BCUT2D eigenvalue weighted by Gasteiger charge is -2.36. The van der Waals surface area contributed by atoms with E-state index in [1.54, 1.807) is 6.07 Å². The van der Waals surface area contributed by atoms with Crippen LogP contribution in [0.15, 0.2) is 16.7 Å². The number of rotatable bonds is 5. The van der Waals surface area contributed by atoms with Gasteiger partial charge in [-0.3, -0.25) is 9.59 Å². The summed E-state index contributed by atoms with van der Waals surface area (Å²) < 4.78 is 5.15. The molecule has 0 radical (unpaired) electrons. The number of carboxylic acid groups (broad SMARTS) is 1. The summed E-state index contributed by atoms with van der Waals surface area (Å²) in [6.45, 7) is 2.21. The molecule has 5 nitrogen and oxygen atoms in total. The predicted octanol–water partition coefficient (Wildman–Crippen LogP) is 2.74. The molecule has 0 aliphatic heterocycles. The second-order valence-corrected chi connectivity index (χ2v) is 5.75. The van der Waals surface area contributed by atoms with Gasteiger partial charge in [0.05, 0.1) is 12.7 Å². The summed E-state index contributed by atoms with van der Waals surface area (Å²) in [5.74, 6) is -0.746. The second-order valence-electron chi connectivity index (χ2n) is 5.75. The number of aryl methyl sites for hydroxylation is 1. The van der Waals surface area contributed by atoms with E-state index in [2.05, 4.69) is 5.32 Å². The van der Waals surface area contributed by atoms with Crippen molar-refractivity contribution in [3.05, 3.63) is 23.7 Å². The van der Waals surface area contributed by atoms with Crippen LogP contribution in [0.1, 0.15) is 54.6 Å². The van der Waals surface area contributed by atoms with Crippen LogP contribution in [0.2, 0.25) is 0 Å². The van der Waals surface area contributed by atoms with Crippen molar-refractivity contribution >= 4 is 11.9 Å². The minimum Gasteiger partial charge on any atom is -0.481 e. The SMILES string of the molecule is Cc1ccoc1C(=O)NCC1(CC(=O)O)CCCCC1. The molecule has 1 aromatic heterocycles. The van der Waals surface area contributed by atoms with Crippen molar-refractivity contribution in [2.45, 2.75) is 45.4 Å². The Morgan fingerprint density at radius 3 is 2.60 bits per heavy atom. The summed E-state index contributed by atoms with van der Waals surface area (Å²) in [6.07, 6.45) is 6.52. The molecule has 110 valence electrons. The molecule has 1 heterocycles. The lowest BCUT2D eigenvalue weighted by atomic mass is 9.71. The van der Waals surface area contributed by atoms with Crippen LogP contribution in [0.5, 0.6) is 0 Å². The molecule has 1 aliphatic rings. The Hall–Kier alpha value is -1.78. The highest BCUT2D eigenvalue weighted by Crippen LogP contribution is 2.38. The van der Waals surface area contributed by atoms with E-state index in [9.17, 15) is 9.59 Å². The lowest BCUT2D eigenvalue weighted by Crippen LogP contribution is -2.40. The number of carbonyl (C=O) groups is 2. The molecule has 1 aliphatic carbocycles. The van der Waals surface area contributed by atoms with Gasteiger partial charge in [-0.15, -0.1) is 0 Å². The normalized spacial score (nSPS) is 17.6. The van der Waals surface area contributed by atoms with Gasteiger partial charge < -0.3 is 14.8 Å². The maximum Gasteiger partial charge on any atom is 0.303 e. The van der Waals surface area contributed by atoms with Crippen LogP contribution in [-0.2, 0) is 4.79 Å². The van der Waals surface area contributed by atoms with Crippen molar-refractivity contribution in [3.8, 4) is 0 Å². The van der Waals surface area contributed by atoms with E-state index in [0.29, 0.717) is 12.3 Å². The topological polar surface area (TPSA) is 79.5 Å². The van der Waals surface area contributed by atoms with Crippen molar-refractivity contribution in [1.29, 1.82) is 0 Å². The fourth-order valence-corrected chi connectivity index (χ4v) is 2.99. The zero-order valence-electron chi connectivity index (χ0n) is 11.8. The average Bonchev–Trinajstić information content (AvgIpc) is 2.83. The van der Waals surface area contributed by atoms with Gasteiger partial charge in [0.15, 0.2) is 5.76 Å². The Balaban J connectivity index is 2.00. The first-order valence-electron chi connectivity index (χ1n) is 7.07. The van der Waals surface area contributed by atoms with E-state index in [-0.39, 0.29) is 17.7 Å². The molecule has 1 amide bonds. The van der Waals surface area contributed by atoms with E-state index in [4.69, 9.17) is 9.52 Å². The Labute approximate surface area is 118 Å². The van der Waals surface area contributed by atoms with Crippen LogP contribution in [0, 0.1) is 12.3 Å². The monoisotopic (exact) mass is 279 g/mol. The number of carboxylic acids is 1. The highest BCUT2D eigenvalue weighted by atomic mass is 16.4. The van der Waals surface area contributed by atoms with Crippen LogP contribution in [-0.4, -0.2) is 23.5 Å². The maximum atomic E-state index is 12.0. The quantitative estimate of drug-likeness (QED) is 0.868. The van der Waals surface area contributed by atoms with Gasteiger partial charge in [0.25, 0.3) is 5.91 Å². The number of carbonyl (C=O) groups excluding carboxylic acids is 1. The third-order valence-corrected chi connectivity index (χ3v) is 4.13. The van der Waals surface area contributed by atoms with Crippen molar-refractivity contribution in [3.63, 3.8) is 0 Å². The molecule has 5 heteroatoms. The summed E-state index contributed by atoms with van der Waals surface area (Å²) in [5.41, 5.74) is 0.485. The van der Waals surface area contributed by atoms with Crippen molar-refractivity contribution < 1.29 is 19.1 Å². The molecule has 20 heavy (non-hydrogen) atoms. The molecule has 0 unspecified atom stereocenters. The number of furan rings is 1. The fourth-order valence-electron chi connectivity index (χ4n) is 2.99. The van der Waals surface area contributed by atoms with Crippen LogP contribution in [0.4, 0.5) is 0 Å². The zero-order valence-corrected chi connectivity index (χ0v) is 11.8. The number of hydrogen-bond acceptors (Lipinski definition) is 3.